The lowest BCUT2D eigenvalue weighted by Crippen LogP contribution is -2.06. The molecular formula is C13H8F4N4. The molecule has 0 spiro atoms. The molecule has 8 heteroatoms. The molecule has 0 saturated heterocycles. The zero-order chi connectivity index (χ0) is 15.0. The molecule has 0 aliphatic heterocycles. The minimum absolute atomic E-state index is 0.0543. The second-order valence-corrected chi connectivity index (χ2v) is 4.32. The normalized spacial score (nSPS) is 11.8. The van der Waals surface area contributed by atoms with Gasteiger partial charge in [0.1, 0.15) is 11.3 Å². The van der Waals surface area contributed by atoms with Crippen LogP contribution in [-0.4, -0.2) is 15.2 Å². The molecule has 0 atom stereocenters. The molecule has 0 saturated carbocycles. The number of benzene rings is 1. The van der Waals surface area contributed by atoms with Crippen LogP contribution < -0.4 is 5.32 Å². The van der Waals surface area contributed by atoms with Crippen LogP contribution in [-0.2, 0) is 6.18 Å². The number of nitrogens with one attached hydrogen (secondary N) is 2. The van der Waals surface area contributed by atoms with Crippen molar-refractivity contribution >= 4 is 22.5 Å². The van der Waals surface area contributed by atoms with Crippen LogP contribution in [0.4, 0.5) is 29.1 Å². The fourth-order valence-electron chi connectivity index (χ4n) is 1.90. The Hall–Kier alpha value is -2.64. The van der Waals surface area contributed by atoms with Crippen molar-refractivity contribution in [3.8, 4) is 0 Å². The van der Waals surface area contributed by atoms with E-state index in [2.05, 4.69) is 20.5 Å². The van der Waals surface area contributed by atoms with Gasteiger partial charge >= 0.3 is 6.18 Å². The summed E-state index contributed by atoms with van der Waals surface area (Å²) >= 11 is 0. The van der Waals surface area contributed by atoms with Crippen LogP contribution in [0.25, 0.3) is 11.0 Å². The van der Waals surface area contributed by atoms with Crippen molar-refractivity contribution in [2.45, 2.75) is 6.18 Å². The van der Waals surface area contributed by atoms with E-state index in [-0.39, 0.29) is 11.5 Å². The fraction of sp³-hybridized carbons (Fsp3) is 0.0769. The van der Waals surface area contributed by atoms with Crippen LogP contribution >= 0.6 is 0 Å². The molecular weight excluding hydrogens is 288 g/mol. The number of halogens is 4. The lowest BCUT2D eigenvalue weighted by atomic mass is 10.2. The molecule has 0 aliphatic carbocycles. The van der Waals surface area contributed by atoms with Crippen LogP contribution in [0, 0.1) is 5.82 Å². The third-order valence-corrected chi connectivity index (χ3v) is 2.81. The smallest absolute Gasteiger partial charge is 0.337 e. The second kappa shape index (κ2) is 4.72. The number of pyridine rings is 1. The number of rotatable bonds is 2. The Morgan fingerprint density at radius 3 is 2.71 bits per heavy atom. The number of H-pyrrole nitrogens is 1. The van der Waals surface area contributed by atoms with Crippen molar-refractivity contribution in [2.75, 3.05) is 5.32 Å². The van der Waals surface area contributed by atoms with Gasteiger partial charge in [-0.25, -0.2) is 4.39 Å². The molecule has 4 nitrogen and oxygen atoms in total. The summed E-state index contributed by atoms with van der Waals surface area (Å²) in [4.78, 5) is 4.06. The summed E-state index contributed by atoms with van der Waals surface area (Å²) in [5, 5.41) is 9.22. The second-order valence-electron chi connectivity index (χ2n) is 4.32. The highest BCUT2D eigenvalue weighted by molar-refractivity contribution is 5.87. The van der Waals surface area contributed by atoms with Crippen LogP contribution in [0.3, 0.4) is 0 Å². The van der Waals surface area contributed by atoms with Gasteiger partial charge in [-0.15, -0.1) is 0 Å². The molecule has 0 aliphatic rings. The molecule has 108 valence electrons. The predicted octanol–water partition coefficient (Wildman–Crippen LogP) is 3.86. The van der Waals surface area contributed by atoms with Gasteiger partial charge in [-0.1, -0.05) is 0 Å². The van der Waals surface area contributed by atoms with Crippen LogP contribution in [0.5, 0.6) is 0 Å². The maximum absolute atomic E-state index is 13.3. The lowest BCUT2D eigenvalue weighted by Gasteiger charge is -2.10. The maximum Gasteiger partial charge on any atom is 0.416 e. The first-order valence-electron chi connectivity index (χ1n) is 5.87. The topological polar surface area (TPSA) is 53.6 Å². The average Bonchev–Trinajstić information content (AvgIpc) is 2.81. The third-order valence-electron chi connectivity index (χ3n) is 2.81. The van der Waals surface area contributed by atoms with Gasteiger partial charge in [0.2, 0.25) is 0 Å². The molecule has 0 fully saturated rings. The van der Waals surface area contributed by atoms with E-state index < -0.39 is 17.6 Å². The highest BCUT2D eigenvalue weighted by atomic mass is 19.4. The summed E-state index contributed by atoms with van der Waals surface area (Å²) in [6.45, 7) is 0. The molecule has 1 aromatic carbocycles. The fourth-order valence-corrected chi connectivity index (χ4v) is 1.90. The number of anilines is 2. The van der Waals surface area contributed by atoms with Gasteiger partial charge < -0.3 is 5.32 Å². The monoisotopic (exact) mass is 296 g/mol. The van der Waals surface area contributed by atoms with E-state index in [4.69, 9.17) is 0 Å². The Bertz CT molecular complexity index is 794. The van der Waals surface area contributed by atoms with E-state index in [0.717, 1.165) is 12.1 Å². The van der Waals surface area contributed by atoms with Gasteiger partial charge in [0.05, 0.1) is 11.1 Å². The number of alkyl halides is 3. The quantitative estimate of drug-likeness (QED) is 0.706. The van der Waals surface area contributed by atoms with Gasteiger partial charge in [-0.05, 0) is 30.3 Å². The van der Waals surface area contributed by atoms with E-state index >= 15 is 0 Å². The zero-order valence-corrected chi connectivity index (χ0v) is 10.4. The summed E-state index contributed by atoms with van der Waals surface area (Å²) in [6.07, 6.45) is -3.10. The highest BCUT2D eigenvalue weighted by Crippen LogP contribution is 2.32. The van der Waals surface area contributed by atoms with E-state index in [1.54, 1.807) is 12.1 Å². The number of hydrogen-bond donors (Lipinski definition) is 2. The number of nitrogens with zero attached hydrogens (tertiary/aromatic N) is 2. The maximum atomic E-state index is 13.3. The summed E-state index contributed by atoms with van der Waals surface area (Å²) in [5.41, 5.74) is -0.0538. The third kappa shape index (κ3) is 2.64. The number of aromatic amines is 1. The molecule has 3 aromatic rings. The first-order chi connectivity index (χ1) is 9.93. The standard InChI is InChI=1S/C13H8F4N4/c14-8-4-7(13(15,16)17)5-9(6-8)19-12-11-10(20-21-12)2-1-3-18-11/h1-6H,(H2,19,20,21). The van der Waals surface area contributed by atoms with Gasteiger partial charge in [0, 0.05) is 11.9 Å². The molecule has 2 N–H and O–H groups in total. The average molecular weight is 296 g/mol. The van der Waals surface area contributed by atoms with Crippen molar-refractivity contribution in [1.29, 1.82) is 0 Å². The Balaban J connectivity index is 2.00. The molecule has 0 radical (unpaired) electrons. The van der Waals surface area contributed by atoms with Crippen molar-refractivity contribution in [3.05, 3.63) is 47.9 Å². The summed E-state index contributed by atoms with van der Waals surface area (Å²) < 4.78 is 51.3. The molecule has 21 heavy (non-hydrogen) atoms. The van der Waals surface area contributed by atoms with Gasteiger partial charge in [0.25, 0.3) is 0 Å². The number of fused-ring (bicyclic) bond motifs is 1. The Morgan fingerprint density at radius 1 is 1.14 bits per heavy atom. The minimum Gasteiger partial charge on any atom is -0.337 e. The summed E-state index contributed by atoms with van der Waals surface area (Å²) in [7, 11) is 0. The molecule has 0 amide bonds. The molecule has 3 rings (SSSR count). The summed E-state index contributed by atoms with van der Waals surface area (Å²) in [5.74, 6) is -0.760. The molecule has 2 heterocycles. The first kappa shape index (κ1) is 13.3. The van der Waals surface area contributed by atoms with Gasteiger partial charge in [-0.3, -0.25) is 10.1 Å². The van der Waals surface area contributed by atoms with Crippen molar-refractivity contribution < 1.29 is 17.6 Å². The highest BCUT2D eigenvalue weighted by Gasteiger charge is 2.31. The predicted molar refractivity (Wildman–Crippen MR) is 68.6 cm³/mol. The van der Waals surface area contributed by atoms with Crippen LogP contribution in [0.1, 0.15) is 5.56 Å². The van der Waals surface area contributed by atoms with Gasteiger partial charge in [-0.2, -0.15) is 18.3 Å². The van der Waals surface area contributed by atoms with Crippen molar-refractivity contribution in [2.24, 2.45) is 0 Å². The summed E-state index contributed by atoms with van der Waals surface area (Å²) in [6, 6.07) is 5.61. The lowest BCUT2D eigenvalue weighted by molar-refractivity contribution is -0.137. The van der Waals surface area contributed by atoms with Crippen LogP contribution in [0.15, 0.2) is 36.5 Å². The Morgan fingerprint density at radius 2 is 1.95 bits per heavy atom. The minimum atomic E-state index is -4.62. The molecule has 0 bridgehead atoms. The van der Waals surface area contributed by atoms with E-state index in [0.29, 0.717) is 17.1 Å². The zero-order valence-electron chi connectivity index (χ0n) is 10.4. The Kier molecular flexibility index (Phi) is 3.00. The van der Waals surface area contributed by atoms with E-state index in [1.807, 2.05) is 0 Å². The van der Waals surface area contributed by atoms with Crippen LogP contribution in [0.2, 0.25) is 0 Å². The van der Waals surface area contributed by atoms with E-state index in [1.165, 1.54) is 6.20 Å². The SMILES string of the molecule is Fc1cc(Nc2n[nH]c3cccnc23)cc(C(F)(F)F)c1. The number of hydrogen-bond acceptors (Lipinski definition) is 3. The first-order valence-corrected chi connectivity index (χ1v) is 5.87. The molecule has 0 unspecified atom stereocenters. The van der Waals surface area contributed by atoms with Crippen molar-refractivity contribution in [1.82, 2.24) is 15.2 Å². The van der Waals surface area contributed by atoms with Gasteiger partial charge in [0.15, 0.2) is 5.82 Å². The Labute approximate surface area is 115 Å². The van der Waals surface area contributed by atoms with Crippen molar-refractivity contribution in [3.63, 3.8) is 0 Å². The van der Waals surface area contributed by atoms with E-state index in [9.17, 15) is 17.6 Å². The largest absolute Gasteiger partial charge is 0.416 e. The molecule has 2 aromatic heterocycles. The number of aromatic nitrogens is 3.